The molecule has 0 aromatic heterocycles. The lowest BCUT2D eigenvalue weighted by atomic mass is 9.99. The number of nitrogens with one attached hydrogen (secondary N) is 1. The van der Waals surface area contributed by atoms with Crippen LogP contribution in [-0.4, -0.2) is 30.1 Å². The second-order valence-corrected chi connectivity index (χ2v) is 9.82. The smallest absolute Gasteiger partial charge is 0.286 e. The zero-order chi connectivity index (χ0) is 25.5. The van der Waals surface area contributed by atoms with Crippen LogP contribution in [0.25, 0.3) is 0 Å². The minimum atomic E-state index is -0.545. The molecule has 1 N–H and O–H groups in total. The molecule has 0 unspecified atom stereocenters. The third-order valence-electron chi connectivity index (χ3n) is 5.61. The molecule has 3 aromatic rings. The first kappa shape index (κ1) is 25.8. The van der Waals surface area contributed by atoms with Crippen molar-refractivity contribution in [3.8, 4) is 11.5 Å². The van der Waals surface area contributed by atoms with Gasteiger partial charge in [-0.25, -0.2) is 0 Å². The second kappa shape index (κ2) is 12.1. The second-order valence-electron chi connectivity index (χ2n) is 8.31. The summed E-state index contributed by atoms with van der Waals surface area (Å²) in [5.41, 5.74) is 2.94. The number of rotatable bonds is 11. The molecule has 0 bridgehead atoms. The first-order valence-electron chi connectivity index (χ1n) is 11.7. The quantitative estimate of drug-likeness (QED) is 0.231. The lowest BCUT2D eigenvalue weighted by Gasteiger charge is -2.14. The number of hydrogen-bond donors (Lipinski definition) is 1. The molecule has 0 spiro atoms. The average molecular weight is 524 g/mol. The number of ether oxygens (including phenoxy) is 2. The Morgan fingerprint density at radius 2 is 1.72 bits per heavy atom. The van der Waals surface area contributed by atoms with Crippen LogP contribution >= 0.6 is 23.4 Å². The summed E-state index contributed by atoms with van der Waals surface area (Å²) in [6.07, 6.45) is 2.38. The lowest BCUT2D eigenvalue weighted by molar-refractivity contribution is -0.119. The minimum Gasteiger partial charge on any atom is -0.493 e. The van der Waals surface area contributed by atoms with E-state index in [-0.39, 0.29) is 16.9 Å². The van der Waals surface area contributed by atoms with E-state index >= 15 is 0 Å². The van der Waals surface area contributed by atoms with Crippen molar-refractivity contribution >= 4 is 40.3 Å². The fraction of sp³-hybridized carbons (Fsp3) is 0.250. The number of imide groups is 1. The molecule has 1 aliphatic heterocycles. The van der Waals surface area contributed by atoms with Crippen molar-refractivity contribution in [2.45, 2.75) is 31.4 Å². The molecule has 0 radical (unpaired) electrons. The van der Waals surface area contributed by atoms with E-state index < -0.39 is 5.25 Å². The Bertz CT molecular complexity index is 1260. The maximum Gasteiger partial charge on any atom is 0.286 e. The van der Waals surface area contributed by atoms with Crippen LogP contribution in [0.15, 0.2) is 66.7 Å². The van der Waals surface area contributed by atoms with Gasteiger partial charge in [-0.3, -0.25) is 19.7 Å². The standard InChI is InChI=1S/C28H26ClNO5S/c1-2-5-19-16-20(25(31)18-8-11-22(29)12-9-18)10-13-24(19)35-15-4-14-34-23-7-3-6-21(17-23)26-27(32)30-28(33)36-26/h3,6-13,16-17,26H,2,4-5,14-15H2,1H3,(H,30,32,33)/t26-/m1/s1. The number of aryl methyl sites for hydroxylation is 1. The monoisotopic (exact) mass is 523 g/mol. The summed E-state index contributed by atoms with van der Waals surface area (Å²) in [5, 5.41) is 2.01. The highest BCUT2D eigenvalue weighted by molar-refractivity contribution is 8.15. The van der Waals surface area contributed by atoms with Gasteiger partial charge in [0.05, 0.1) is 13.2 Å². The number of carbonyl (C=O) groups excluding carboxylic acids is 3. The van der Waals surface area contributed by atoms with Gasteiger partial charge < -0.3 is 9.47 Å². The van der Waals surface area contributed by atoms with Gasteiger partial charge in [0.2, 0.25) is 5.91 Å². The van der Waals surface area contributed by atoms with E-state index in [2.05, 4.69) is 12.2 Å². The Balaban J connectivity index is 1.31. The Kier molecular flexibility index (Phi) is 8.67. The summed E-state index contributed by atoms with van der Waals surface area (Å²) < 4.78 is 11.8. The highest BCUT2D eigenvalue weighted by atomic mass is 35.5. The molecule has 1 aliphatic rings. The van der Waals surface area contributed by atoms with E-state index in [1.807, 2.05) is 30.3 Å². The summed E-state index contributed by atoms with van der Waals surface area (Å²) in [6.45, 7) is 2.97. The van der Waals surface area contributed by atoms with E-state index in [1.165, 1.54) is 0 Å². The maximum atomic E-state index is 12.9. The largest absolute Gasteiger partial charge is 0.493 e. The van der Waals surface area contributed by atoms with Crippen LogP contribution in [0.4, 0.5) is 4.79 Å². The normalized spacial score (nSPS) is 15.0. The number of amides is 2. The molecule has 36 heavy (non-hydrogen) atoms. The van der Waals surface area contributed by atoms with E-state index in [1.54, 1.807) is 36.4 Å². The zero-order valence-electron chi connectivity index (χ0n) is 19.8. The van der Waals surface area contributed by atoms with Crippen molar-refractivity contribution in [2.24, 2.45) is 0 Å². The van der Waals surface area contributed by atoms with Crippen molar-refractivity contribution in [2.75, 3.05) is 13.2 Å². The van der Waals surface area contributed by atoms with Crippen LogP contribution in [0.1, 0.15) is 52.1 Å². The fourth-order valence-electron chi connectivity index (χ4n) is 3.87. The van der Waals surface area contributed by atoms with Crippen molar-refractivity contribution in [1.29, 1.82) is 0 Å². The lowest BCUT2D eigenvalue weighted by Crippen LogP contribution is -2.20. The predicted molar refractivity (Wildman–Crippen MR) is 141 cm³/mol. The number of hydrogen-bond acceptors (Lipinski definition) is 6. The molecular weight excluding hydrogens is 498 g/mol. The van der Waals surface area contributed by atoms with Crippen LogP contribution in [0, 0.1) is 0 Å². The van der Waals surface area contributed by atoms with Gasteiger partial charge in [0.15, 0.2) is 5.78 Å². The van der Waals surface area contributed by atoms with Crippen LogP contribution in [-0.2, 0) is 11.2 Å². The first-order valence-corrected chi connectivity index (χ1v) is 13.0. The fourth-order valence-corrected chi connectivity index (χ4v) is 4.82. The van der Waals surface area contributed by atoms with Crippen molar-refractivity contribution in [1.82, 2.24) is 5.32 Å². The van der Waals surface area contributed by atoms with Gasteiger partial charge in [0.25, 0.3) is 5.24 Å². The minimum absolute atomic E-state index is 0.0518. The van der Waals surface area contributed by atoms with Gasteiger partial charge in [-0.2, -0.15) is 0 Å². The molecular formula is C28H26ClNO5S. The van der Waals surface area contributed by atoms with Gasteiger partial charge >= 0.3 is 0 Å². The van der Waals surface area contributed by atoms with Crippen LogP contribution in [0.5, 0.6) is 11.5 Å². The molecule has 0 aliphatic carbocycles. The van der Waals surface area contributed by atoms with E-state index in [0.717, 1.165) is 41.5 Å². The van der Waals surface area contributed by atoms with Crippen LogP contribution in [0.3, 0.4) is 0 Å². The SMILES string of the molecule is CCCc1cc(C(=O)c2ccc(Cl)cc2)ccc1OCCCOc1cccc([C@H]2SC(=O)NC2=O)c1. The Labute approximate surface area is 219 Å². The number of carbonyl (C=O) groups is 3. The maximum absolute atomic E-state index is 12.9. The molecule has 8 heteroatoms. The van der Waals surface area contributed by atoms with E-state index in [4.69, 9.17) is 21.1 Å². The average Bonchev–Trinajstić information content (AvgIpc) is 3.22. The summed E-state index contributed by atoms with van der Waals surface area (Å²) in [4.78, 5) is 36.2. The van der Waals surface area contributed by atoms with Crippen molar-refractivity contribution in [3.63, 3.8) is 0 Å². The number of halogens is 1. The summed E-state index contributed by atoms with van der Waals surface area (Å²) >= 11 is 6.91. The van der Waals surface area contributed by atoms with Crippen molar-refractivity contribution in [3.05, 3.63) is 94.0 Å². The highest BCUT2D eigenvalue weighted by Gasteiger charge is 2.33. The number of thioether (sulfide) groups is 1. The Morgan fingerprint density at radius 1 is 0.972 bits per heavy atom. The highest BCUT2D eigenvalue weighted by Crippen LogP contribution is 2.35. The van der Waals surface area contributed by atoms with E-state index in [9.17, 15) is 14.4 Å². The third kappa shape index (κ3) is 6.47. The van der Waals surface area contributed by atoms with E-state index in [0.29, 0.717) is 41.5 Å². The summed E-state index contributed by atoms with van der Waals surface area (Å²) in [7, 11) is 0. The third-order valence-corrected chi connectivity index (χ3v) is 6.90. The van der Waals surface area contributed by atoms with Gasteiger partial charge in [0, 0.05) is 22.6 Å². The molecule has 2 amide bonds. The van der Waals surface area contributed by atoms with Gasteiger partial charge in [-0.1, -0.05) is 37.1 Å². The molecule has 1 fully saturated rings. The van der Waals surface area contributed by atoms with Crippen molar-refractivity contribution < 1.29 is 23.9 Å². The molecule has 186 valence electrons. The first-order chi connectivity index (χ1) is 17.4. The van der Waals surface area contributed by atoms with Gasteiger partial charge in [-0.05, 0) is 83.9 Å². The molecule has 1 heterocycles. The zero-order valence-corrected chi connectivity index (χ0v) is 21.4. The number of benzene rings is 3. The Hall–Kier alpha value is -3.29. The van der Waals surface area contributed by atoms with Crippen LogP contribution < -0.4 is 14.8 Å². The Morgan fingerprint density at radius 3 is 2.44 bits per heavy atom. The molecule has 6 nitrogen and oxygen atoms in total. The molecule has 4 rings (SSSR count). The van der Waals surface area contributed by atoms with Crippen LogP contribution in [0.2, 0.25) is 5.02 Å². The van der Waals surface area contributed by atoms with Gasteiger partial charge in [-0.15, -0.1) is 0 Å². The number of ketones is 1. The van der Waals surface area contributed by atoms with Gasteiger partial charge in [0.1, 0.15) is 16.7 Å². The predicted octanol–water partition coefficient (Wildman–Crippen LogP) is 6.40. The topological polar surface area (TPSA) is 81.7 Å². The summed E-state index contributed by atoms with van der Waals surface area (Å²) in [5.74, 6) is 1.04. The molecule has 3 aromatic carbocycles. The molecule has 0 saturated carbocycles. The molecule has 1 atom stereocenters. The summed E-state index contributed by atoms with van der Waals surface area (Å²) in [6, 6.07) is 19.6. The molecule has 1 saturated heterocycles.